The molecule has 6 nitrogen and oxygen atoms in total. The zero-order valence-electron chi connectivity index (χ0n) is 20.2. The number of rotatable bonds is 8. The SMILES string of the molecule is CC(=N/C=C(\CN)C(F)(F)F)Nc1ccccn1.CCC.[CH2-]CC(=O)N(C[CH2-])CCCC.[U+2]. The minimum atomic E-state index is -4.45. The molecule has 1 aromatic rings. The van der Waals surface area contributed by atoms with E-state index in [1.54, 1.807) is 29.3 Å². The Hall–Kier alpha value is -1.37. The Labute approximate surface area is 221 Å². The van der Waals surface area contributed by atoms with Crippen molar-refractivity contribution in [2.24, 2.45) is 10.7 Å². The summed E-state index contributed by atoms with van der Waals surface area (Å²) < 4.78 is 37.0. The molecule has 186 valence electrons. The Balaban J connectivity index is -0.000000516. The number of nitrogens with two attached hydrogens (primary N) is 1. The number of hydrogen-bond donors (Lipinski definition) is 2. The quantitative estimate of drug-likeness (QED) is 0.217. The van der Waals surface area contributed by atoms with Crippen molar-refractivity contribution in [1.29, 1.82) is 0 Å². The zero-order chi connectivity index (χ0) is 25.0. The van der Waals surface area contributed by atoms with Gasteiger partial charge >= 0.3 is 37.3 Å². The molecule has 0 radical (unpaired) electrons. The Morgan fingerprint density at radius 2 is 1.88 bits per heavy atom. The summed E-state index contributed by atoms with van der Waals surface area (Å²) in [5.41, 5.74) is 4.12. The molecule has 10 heteroatoms. The number of hydrogen-bond acceptors (Lipinski definition) is 4. The van der Waals surface area contributed by atoms with Crippen LogP contribution in [0.25, 0.3) is 0 Å². The maximum Gasteiger partial charge on any atom is 2.00 e. The number of pyridine rings is 1. The number of amidine groups is 1. The molecule has 0 aliphatic carbocycles. The second-order valence-corrected chi connectivity index (χ2v) is 6.60. The summed E-state index contributed by atoms with van der Waals surface area (Å²) in [5, 5.41) is 2.76. The summed E-state index contributed by atoms with van der Waals surface area (Å²) in [7, 11) is 0. The van der Waals surface area contributed by atoms with Gasteiger partial charge in [-0.2, -0.15) is 13.2 Å². The summed E-state index contributed by atoms with van der Waals surface area (Å²) in [6, 6.07) is 5.16. The molecule has 1 aromatic heterocycles. The molecule has 0 bridgehead atoms. The second kappa shape index (κ2) is 22.4. The van der Waals surface area contributed by atoms with E-state index >= 15 is 0 Å². The largest absolute Gasteiger partial charge is 2.00 e. The third-order valence-electron chi connectivity index (χ3n) is 3.59. The van der Waals surface area contributed by atoms with Crippen LogP contribution in [-0.2, 0) is 4.79 Å². The molecule has 0 aromatic carbocycles. The number of halogens is 3. The van der Waals surface area contributed by atoms with Gasteiger partial charge in [-0.05, 0) is 25.5 Å². The van der Waals surface area contributed by atoms with Crippen molar-refractivity contribution in [2.45, 2.75) is 59.6 Å². The van der Waals surface area contributed by atoms with Crippen LogP contribution in [0.1, 0.15) is 53.4 Å². The standard InChI is InChI=1S/C11H13F3N4.C9H17NO.C3H8.U/c1-8(18-10-4-2-3-5-16-10)17-7-9(6-15)11(12,13)14;1-4-7-8-10(6-3)9(11)5-2;1-3-2;/h2-5,7H,6,15H2,1H3,(H,16,17,18);2-8H2,1H3;3H2,1-2H3;/q;-2;;+2/b9-7+;;;. The third kappa shape index (κ3) is 19.8. The van der Waals surface area contributed by atoms with Crippen LogP contribution >= 0.6 is 0 Å². The van der Waals surface area contributed by atoms with Gasteiger partial charge in [0, 0.05) is 25.5 Å². The number of carbonyl (C=O) groups is 1. The first-order valence-corrected chi connectivity index (χ1v) is 10.7. The molecule has 0 saturated carbocycles. The van der Waals surface area contributed by atoms with E-state index in [-0.39, 0.29) is 37.0 Å². The number of nitrogens with zero attached hydrogens (tertiary/aromatic N) is 3. The molecule has 0 aliphatic heterocycles. The van der Waals surface area contributed by atoms with Crippen LogP contribution in [0, 0.1) is 45.0 Å². The normalized spacial score (nSPS) is 11.2. The average Bonchev–Trinajstić information content (AvgIpc) is 2.75. The van der Waals surface area contributed by atoms with Crippen LogP contribution in [0.5, 0.6) is 0 Å². The van der Waals surface area contributed by atoms with E-state index in [0.717, 1.165) is 19.4 Å². The number of amides is 1. The predicted molar refractivity (Wildman–Crippen MR) is 127 cm³/mol. The predicted octanol–water partition coefficient (Wildman–Crippen LogP) is 5.41. The Morgan fingerprint density at radius 3 is 2.27 bits per heavy atom. The third-order valence-corrected chi connectivity index (χ3v) is 3.59. The van der Waals surface area contributed by atoms with Crippen molar-refractivity contribution >= 4 is 17.6 Å². The molecule has 0 spiro atoms. The van der Waals surface area contributed by atoms with Crippen molar-refractivity contribution in [2.75, 3.05) is 25.0 Å². The molecule has 0 unspecified atom stereocenters. The molecule has 0 fully saturated rings. The Kier molecular flexibility index (Phi) is 24.6. The maximum absolute atomic E-state index is 12.3. The fraction of sp³-hybridized carbons (Fsp3) is 0.522. The molecule has 33 heavy (non-hydrogen) atoms. The average molecular weight is 696 g/mol. The van der Waals surface area contributed by atoms with Crippen molar-refractivity contribution in [3.05, 3.63) is 50.0 Å². The Morgan fingerprint density at radius 1 is 1.27 bits per heavy atom. The molecular formula is C23H38F3N5OU. The first kappa shape index (κ1) is 36.2. The molecule has 1 amide bonds. The van der Waals surface area contributed by atoms with E-state index in [0.29, 0.717) is 30.8 Å². The number of aromatic nitrogens is 1. The van der Waals surface area contributed by atoms with Crippen molar-refractivity contribution in [3.63, 3.8) is 0 Å². The van der Waals surface area contributed by atoms with E-state index in [9.17, 15) is 18.0 Å². The van der Waals surface area contributed by atoms with Gasteiger partial charge in [0.25, 0.3) is 0 Å². The molecule has 0 atom stereocenters. The number of aliphatic imine (C=N–C) groups is 1. The summed E-state index contributed by atoms with van der Waals surface area (Å²) in [5.74, 6) is 0.908. The number of nitrogens with one attached hydrogen (secondary N) is 1. The summed E-state index contributed by atoms with van der Waals surface area (Å²) >= 11 is 0. The molecule has 3 N–H and O–H groups in total. The van der Waals surface area contributed by atoms with Gasteiger partial charge in [-0.3, -0.25) is 4.79 Å². The first-order chi connectivity index (χ1) is 15.1. The van der Waals surface area contributed by atoms with Gasteiger partial charge in [-0.15, -0.1) is 13.0 Å². The first-order valence-electron chi connectivity index (χ1n) is 10.7. The molecule has 1 rings (SSSR count). The van der Waals surface area contributed by atoms with E-state index in [1.165, 1.54) is 13.3 Å². The van der Waals surface area contributed by atoms with Crippen LogP contribution in [0.2, 0.25) is 0 Å². The van der Waals surface area contributed by atoms with Crippen molar-refractivity contribution < 1.29 is 49.1 Å². The number of anilines is 1. The molecule has 0 saturated heterocycles. The van der Waals surface area contributed by atoms with E-state index in [2.05, 4.69) is 49.9 Å². The zero-order valence-corrected chi connectivity index (χ0v) is 24.4. The maximum atomic E-state index is 12.3. The van der Waals surface area contributed by atoms with Crippen molar-refractivity contribution in [1.82, 2.24) is 9.88 Å². The minimum Gasteiger partial charge on any atom is -0.375 e. The van der Waals surface area contributed by atoms with Gasteiger partial charge in [-0.1, -0.05) is 39.7 Å². The van der Waals surface area contributed by atoms with E-state index in [4.69, 9.17) is 5.73 Å². The van der Waals surface area contributed by atoms with Crippen LogP contribution in [-0.4, -0.2) is 47.4 Å². The number of alkyl halides is 3. The summed E-state index contributed by atoms with van der Waals surface area (Å²) in [4.78, 5) is 20.4. The van der Waals surface area contributed by atoms with Gasteiger partial charge in [0.05, 0.1) is 5.57 Å². The Bertz CT molecular complexity index is 668. The van der Waals surface area contributed by atoms with Gasteiger partial charge in [0.2, 0.25) is 0 Å². The molecule has 0 aliphatic rings. The van der Waals surface area contributed by atoms with Gasteiger partial charge < -0.3 is 29.8 Å². The summed E-state index contributed by atoms with van der Waals surface area (Å²) in [6.07, 6.45) is 1.59. The minimum absolute atomic E-state index is 0. The molecule has 1 heterocycles. The van der Waals surface area contributed by atoms with Gasteiger partial charge in [0.1, 0.15) is 11.7 Å². The van der Waals surface area contributed by atoms with Crippen LogP contribution < -0.4 is 11.1 Å². The number of unbranched alkanes of at least 4 members (excludes halogenated alkanes) is 1. The van der Waals surface area contributed by atoms with Crippen LogP contribution in [0.15, 0.2) is 41.2 Å². The molecular weight excluding hydrogens is 657 g/mol. The fourth-order valence-corrected chi connectivity index (χ4v) is 1.94. The second-order valence-electron chi connectivity index (χ2n) is 6.60. The smallest absolute Gasteiger partial charge is 0.375 e. The number of carbonyl (C=O) groups excluding carboxylic acids is 1. The monoisotopic (exact) mass is 695 g/mol. The van der Waals surface area contributed by atoms with E-state index in [1.807, 2.05) is 0 Å². The van der Waals surface area contributed by atoms with Crippen LogP contribution in [0.4, 0.5) is 19.0 Å². The van der Waals surface area contributed by atoms with Gasteiger partial charge in [-0.25, -0.2) is 9.98 Å². The van der Waals surface area contributed by atoms with Gasteiger partial charge in [0.15, 0.2) is 5.91 Å². The topological polar surface area (TPSA) is 83.6 Å². The fourth-order valence-electron chi connectivity index (χ4n) is 1.94. The van der Waals surface area contributed by atoms with Crippen molar-refractivity contribution in [3.8, 4) is 0 Å². The van der Waals surface area contributed by atoms with Crippen LogP contribution in [0.3, 0.4) is 0 Å². The van der Waals surface area contributed by atoms with E-state index < -0.39 is 18.3 Å². The summed E-state index contributed by atoms with van der Waals surface area (Å²) in [6.45, 7) is 15.9.